The van der Waals surface area contributed by atoms with Gasteiger partial charge in [-0.1, -0.05) is 66.4 Å². The van der Waals surface area contributed by atoms with Gasteiger partial charge in [-0.15, -0.1) is 10.2 Å². The molecule has 8 heteroatoms. The van der Waals surface area contributed by atoms with E-state index in [1.165, 1.54) is 5.56 Å². The Kier molecular flexibility index (Phi) is 7.33. The summed E-state index contributed by atoms with van der Waals surface area (Å²) in [5.74, 6) is 2.78. The molecule has 182 valence electrons. The largest absolute Gasteiger partial charge is 0.497 e. The van der Waals surface area contributed by atoms with Crippen LogP contribution in [0.25, 0.3) is 10.9 Å². The van der Waals surface area contributed by atoms with Crippen LogP contribution < -0.4 is 15.0 Å². The monoisotopic (exact) mass is 498 g/mol. The molecule has 0 atom stereocenters. The van der Waals surface area contributed by atoms with Gasteiger partial charge in [-0.3, -0.25) is 4.79 Å². The molecular formula is C28H26N4O3S. The number of aryl methyl sites for hydroxylation is 1. The van der Waals surface area contributed by atoms with Gasteiger partial charge in [-0.2, -0.15) is 0 Å². The first-order valence-electron chi connectivity index (χ1n) is 11.7. The van der Waals surface area contributed by atoms with Crippen molar-refractivity contribution in [1.29, 1.82) is 0 Å². The first kappa shape index (κ1) is 23.7. The summed E-state index contributed by atoms with van der Waals surface area (Å²) in [5.41, 5.74) is 2.93. The fourth-order valence-corrected chi connectivity index (χ4v) is 4.99. The molecule has 0 spiro atoms. The molecule has 5 rings (SSSR count). The quantitative estimate of drug-likeness (QED) is 0.265. The fraction of sp³-hybridized carbons (Fsp3) is 0.179. The lowest BCUT2D eigenvalue weighted by Crippen LogP contribution is -2.10. The van der Waals surface area contributed by atoms with E-state index in [0.29, 0.717) is 18.0 Å². The second-order valence-electron chi connectivity index (χ2n) is 8.25. The molecule has 0 saturated carbocycles. The molecule has 0 saturated heterocycles. The van der Waals surface area contributed by atoms with E-state index < -0.39 is 0 Å². The summed E-state index contributed by atoms with van der Waals surface area (Å²) >= 11 is 1.57. The van der Waals surface area contributed by atoms with Gasteiger partial charge in [0, 0.05) is 35.3 Å². The Hall–Kier alpha value is -4.04. The standard InChI is InChI=1S/C28H26N4O3S/c1-34-22-10-7-11-23(17-22)35-18-26-30-31-28(32(26)15-14-20-8-3-2-4-9-20)36-19-21-16-27(33)29-25-13-6-5-12-24(21)25/h2-13,16-17H,14-15,18-19H2,1H3,(H,29,33). The van der Waals surface area contributed by atoms with Gasteiger partial charge < -0.3 is 19.0 Å². The van der Waals surface area contributed by atoms with Crippen molar-refractivity contribution in [2.24, 2.45) is 0 Å². The van der Waals surface area contributed by atoms with Crippen LogP contribution in [-0.4, -0.2) is 26.9 Å². The van der Waals surface area contributed by atoms with E-state index in [0.717, 1.165) is 39.6 Å². The third kappa shape index (κ3) is 5.60. The fourth-order valence-electron chi connectivity index (χ4n) is 4.02. The number of nitrogens with zero attached hydrogens (tertiary/aromatic N) is 3. The Morgan fingerprint density at radius 3 is 2.58 bits per heavy atom. The second kappa shape index (κ2) is 11.1. The molecule has 5 aromatic rings. The van der Waals surface area contributed by atoms with Gasteiger partial charge >= 0.3 is 0 Å². The maximum Gasteiger partial charge on any atom is 0.248 e. The van der Waals surface area contributed by atoms with E-state index >= 15 is 0 Å². The Bertz CT molecular complexity index is 1510. The zero-order valence-electron chi connectivity index (χ0n) is 19.9. The van der Waals surface area contributed by atoms with Crippen LogP contribution in [0.3, 0.4) is 0 Å². The minimum atomic E-state index is -0.109. The normalized spacial score (nSPS) is 11.0. The molecule has 0 radical (unpaired) electrons. The maximum absolute atomic E-state index is 12.2. The molecule has 2 heterocycles. The first-order chi connectivity index (χ1) is 17.7. The zero-order chi connectivity index (χ0) is 24.7. The van der Waals surface area contributed by atoms with Crippen molar-refractivity contribution >= 4 is 22.7 Å². The van der Waals surface area contributed by atoms with E-state index in [9.17, 15) is 4.79 Å². The zero-order valence-corrected chi connectivity index (χ0v) is 20.7. The van der Waals surface area contributed by atoms with Gasteiger partial charge in [-0.05, 0) is 35.7 Å². The molecule has 3 aromatic carbocycles. The van der Waals surface area contributed by atoms with E-state index in [4.69, 9.17) is 9.47 Å². The lowest BCUT2D eigenvalue weighted by atomic mass is 10.1. The van der Waals surface area contributed by atoms with Gasteiger partial charge in [0.2, 0.25) is 5.56 Å². The molecule has 0 amide bonds. The molecule has 0 bridgehead atoms. The summed E-state index contributed by atoms with van der Waals surface area (Å²) in [6.45, 7) is 0.996. The van der Waals surface area contributed by atoms with E-state index in [1.54, 1.807) is 24.9 Å². The number of hydrogen-bond donors (Lipinski definition) is 1. The van der Waals surface area contributed by atoms with Gasteiger partial charge in [0.25, 0.3) is 0 Å². The second-order valence-corrected chi connectivity index (χ2v) is 9.19. The lowest BCUT2D eigenvalue weighted by Gasteiger charge is -2.12. The molecule has 0 fully saturated rings. The number of aromatic amines is 1. The van der Waals surface area contributed by atoms with Crippen molar-refractivity contribution in [3.8, 4) is 11.5 Å². The number of rotatable bonds is 10. The van der Waals surface area contributed by atoms with E-state index in [1.807, 2.05) is 66.7 Å². The van der Waals surface area contributed by atoms with Crippen LogP contribution in [0.5, 0.6) is 11.5 Å². The molecule has 0 aliphatic rings. The summed E-state index contributed by atoms with van der Waals surface area (Å²) in [6.07, 6.45) is 0.840. The number of benzene rings is 3. The van der Waals surface area contributed by atoms with Crippen molar-refractivity contribution in [3.63, 3.8) is 0 Å². The van der Waals surface area contributed by atoms with Crippen LogP contribution in [0, 0.1) is 0 Å². The summed E-state index contributed by atoms with van der Waals surface area (Å²) in [5, 5.41) is 10.7. The van der Waals surface area contributed by atoms with Crippen LogP contribution in [-0.2, 0) is 25.3 Å². The molecule has 0 aliphatic heterocycles. The van der Waals surface area contributed by atoms with Crippen molar-refractivity contribution in [3.05, 3.63) is 112 Å². The number of hydrogen-bond acceptors (Lipinski definition) is 6. The Morgan fingerprint density at radius 1 is 0.917 bits per heavy atom. The van der Waals surface area contributed by atoms with Crippen LogP contribution >= 0.6 is 11.8 Å². The Balaban J connectivity index is 1.38. The van der Waals surface area contributed by atoms with Crippen molar-refractivity contribution in [2.45, 2.75) is 30.5 Å². The Morgan fingerprint density at radius 2 is 1.72 bits per heavy atom. The molecule has 0 aliphatic carbocycles. The number of pyridine rings is 1. The van der Waals surface area contributed by atoms with Crippen LogP contribution in [0.2, 0.25) is 0 Å². The number of methoxy groups -OCH3 is 1. The summed E-state index contributed by atoms with van der Waals surface area (Å²) in [6, 6.07) is 27.3. The molecule has 7 nitrogen and oxygen atoms in total. The smallest absolute Gasteiger partial charge is 0.248 e. The summed E-state index contributed by atoms with van der Waals surface area (Å²) < 4.78 is 13.4. The highest BCUT2D eigenvalue weighted by Crippen LogP contribution is 2.26. The first-order valence-corrected chi connectivity index (χ1v) is 12.6. The highest BCUT2D eigenvalue weighted by molar-refractivity contribution is 7.98. The van der Waals surface area contributed by atoms with Crippen LogP contribution in [0.1, 0.15) is 17.0 Å². The third-order valence-corrected chi connectivity index (χ3v) is 6.88. The average molecular weight is 499 g/mol. The average Bonchev–Trinajstić information content (AvgIpc) is 3.31. The minimum Gasteiger partial charge on any atom is -0.497 e. The molecule has 2 aromatic heterocycles. The Labute approximate surface area is 213 Å². The molecule has 1 N–H and O–H groups in total. The van der Waals surface area contributed by atoms with Gasteiger partial charge in [-0.25, -0.2) is 0 Å². The van der Waals surface area contributed by atoms with Crippen LogP contribution in [0.15, 0.2) is 94.9 Å². The topological polar surface area (TPSA) is 82.0 Å². The number of para-hydroxylation sites is 1. The van der Waals surface area contributed by atoms with Crippen molar-refractivity contribution in [1.82, 2.24) is 19.7 Å². The number of fused-ring (bicyclic) bond motifs is 1. The minimum absolute atomic E-state index is 0.109. The number of aromatic nitrogens is 4. The number of H-pyrrole nitrogens is 1. The predicted molar refractivity (Wildman–Crippen MR) is 142 cm³/mol. The number of thioether (sulfide) groups is 1. The van der Waals surface area contributed by atoms with Crippen molar-refractivity contribution < 1.29 is 9.47 Å². The third-order valence-electron chi connectivity index (χ3n) is 5.86. The van der Waals surface area contributed by atoms with Gasteiger partial charge in [0.1, 0.15) is 18.1 Å². The highest BCUT2D eigenvalue weighted by atomic mass is 32.2. The van der Waals surface area contributed by atoms with E-state index in [-0.39, 0.29) is 12.2 Å². The van der Waals surface area contributed by atoms with E-state index in [2.05, 4.69) is 31.9 Å². The van der Waals surface area contributed by atoms with Crippen LogP contribution in [0.4, 0.5) is 0 Å². The molecule has 0 unspecified atom stereocenters. The summed E-state index contributed by atoms with van der Waals surface area (Å²) in [4.78, 5) is 15.1. The summed E-state index contributed by atoms with van der Waals surface area (Å²) in [7, 11) is 1.63. The number of ether oxygens (including phenoxy) is 2. The predicted octanol–water partition coefficient (Wildman–Crippen LogP) is 5.24. The van der Waals surface area contributed by atoms with Crippen molar-refractivity contribution in [2.75, 3.05) is 7.11 Å². The SMILES string of the molecule is COc1cccc(OCc2nnc(SCc3cc(=O)[nH]c4ccccc34)n2CCc2ccccc2)c1. The highest BCUT2D eigenvalue weighted by Gasteiger charge is 2.15. The van der Waals surface area contributed by atoms with Gasteiger partial charge in [0.15, 0.2) is 11.0 Å². The maximum atomic E-state index is 12.2. The molecule has 36 heavy (non-hydrogen) atoms. The number of nitrogens with one attached hydrogen (secondary N) is 1. The van der Waals surface area contributed by atoms with Gasteiger partial charge in [0.05, 0.1) is 7.11 Å². The lowest BCUT2D eigenvalue weighted by molar-refractivity contribution is 0.285. The molecular weight excluding hydrogens is 472 g/mol.